The van der Waals surface area contributed by atoms with E-state index in [-0.39, 0.29) is 23.4 Å². The summed E-state index contributed by atoms with van der Waals surface area (Å²) in [5.74, 6) is -0.948. The molecule has 0 aromatic heterocycles. The zero-order chi connectivity index (χ0) is 29.6. The average molecular weight is 605 g/mol. The van der Waals surface area contributed by atoms with Crippen LogP contribution in [0.25, 0.3) is 0 Å². The van der Waals surface area contributed by atoms with Crippen molar-refractivity contribution in [3.05, 3.63) is 93.5 Å². The maximum absolute atomic E-state index is 14.1. The van der Waals surface area contributed by atoms with Crippen LogP contribution in [0.3, 0.4) is 0 Å². The fraction of sp³-hybridized carbons (Fsp3) is 0.333. The molecule has 3 aromatic rings. The number of amides is 2. The number of anilines is 1. The molecule has 0 saturated heterocycles. The Bertz CT molecular complexity index is 1420. The highest BCUT2D eigenvalue weighted by Crippen LogP contribution is 2.29. The number of nitrogens with one attached hydrogen (secondary N) is 1. The SMILES string of the molecule is CC[C@H](C)NC(=O)[C@@H](C)N(Cc1c(Cl)cccc1Cl)C(=O)CN(c1cc(C)cc(C)c1)S(=O)(=O)c1ccccc1. The van der Waals surface area contributed by atoms with E-state index in [4.69, 9.17) is 23.2 Å². The van der Waals surface area contributed by atoms with E-state index in [2.05, 4.69) is 5.32 Å². The highest BCUT2D eigenvalue weighted by atomic mass is 35.5. The summed E-state index contributed by atoms with van der Waals surface area (Å²) in [7, 11) is -4.14. The molecule has 0 aliphatic carbocycles. The number of hydrogen-bond donors (Lipinski definition) is 1. The first-order valence-electron chi connectivity index (χ1n) is 13.0. The summed E-state index contributed by atoms with van der Waals surface area (Å²) in [6, 6.07) is 17.2. The third kappa shape index (κ3) is 7.56. The lowest BCUT2D eigenvalue weighted by Gasteiger charge is -2.33. The van der Waals surface area contributed by atoms with Crippen LogP contribution in [0, 0.1) is 13.8 Å². The van der Waals surface area contributed by atoms with Crippen molar-refractivity contribution in [2.75, 3.05) is 10.8 Å². The van der Waals surface area contributed by atoms with Gasteiger partial charge in [0.25, 0.3) is 10.0 Å². The maximum Gasteiger partial charge on any atom is 0.264 e. The van der Waals surface area contributed by atoms with Crippen LogP contribution in [0.1, 0.15) is 43.9 Å². The minimum atomic E-state index is -4.14. The minimum absolute atomic E-state index is 0.0465. The molecule has 0 heterocycles. The van der Waals surface area contributed by atoms with Gasteiger partial charge >= 0.3 is 0 Å². The standard InChI is InChI=1S/C30H35Cl2N3O4S/c1-6-22(4)33-30(37)23(5)34(18-26-27(31)13-10-14-28(26)32)29(36)19-35(24-16-20(2)15-21(3)17-24)40(38,39)25-11-8-7-9-12-25/h7-17,22-23H,6,18-19H2,1-5H3,(H,33,37)/t22-,23+/m0/s1. The first kappa shape index (κ1) is 31.5. The highest BCUT2D eigenvalue weighted by Gasteiger charge is 2.33. The van der Waals surface area contributed by atoms with E-state index in [0.717, 1.165) is 15.4 Å². The summed E-state index contributed by atoms with van der Waals surface area (Å²) < 4.78 is 28.9. The number of hydrogen-bond acceptors (Lipinski definition) is 4. The zero-order valence-electron chi connectivity index (χ0n) is 23.3. The van der Waals surface area contributed by atoms with Crippen LogP contribution in [0.15, 0.2) is 71.6 Å². The van der Waals surface area contributed by atoms with E-state index < -0.39 is 28.5 Å². The molecule has 10 heteroatoms. The lowest BCUT2D eigenvalue weighted by Crippen LogP contribution is -2.52. The quantitative estimate of drug-likeness (QED) is 0.285. The predicted octanol–water partition coefficient (Wildman–Crippen LogP) is 6.14. The van der Waals surface area contributed by atoms with E-state index in [9.17, 15) is 18.0 Å². The molecule has 2 atom stereocenters. The molecule has 0 aliphatic rings. The van der Waals surface area contributed by atoms with Crippen LogP contribution in [0.4, 0.5) is 5.69 Å². The molecular weight excluding hydrogens is 569 g/mol. The van der Waals surface area contributed by atoms with Gasteiger partial charge in [0.15, 0.2) is 0 Å². The number of nitrogens with zero attached hydrogens (tertiary/aromatic N) is 2. The second kappa shape index (κ2) is 13.5. The number of aryl methyl sites for hydroxylation is 2. The number of benzene rings is 3. The first-order valence-corrected chi connectivity index (χ1v) is 15.2. The molecule has 0 spiro atoms. The molecule has 1 N–H and O–H groups in total. The highest BCUT2D eigenvalue weighted by molar-refractivity contribution is 7.92. The van der Waals surface area contributed by atoms with Gasteiger partial charge in [-0.15, -0.1) is 0 Å². The smallest absolute Gasteiger partial charge is 0.264 e. The summed E-state index contributed by atoms with van der Waals surface area (Å²) in [6.07, 6.45) is 0.707. The number of carbonyl (C=O) groups excluding carboxylic acids is 2. The second-order valence-corrected chi connectivity index (χ2v) is 12.6. The van der Waals surface area contributed by atoms with Crippen molar-refractivity contribution in [1.82, 2.24) is 10.2 Å². The van der Waals surface area contributed by atoms with Crippen LogP contribution in [0.5, 0.6) is 0 Å². The summed E-state index contributed by atoms with van der Waals surface area (Å²) in [5, 5.41) is 3.58. The number of rotatable bonds is 11. The molecule has 0 bridgehead atoms. The van der Waals surface area contributed by atoms with E-state index >= 15 is 0 Å². The molecular formula is C30H35Cl2N3O4S. The minimum Gasteiger partial charge on any atom is -0.352 e. The summed E-state index contributed by atoms with van der Waals surface area (Å²) >= 11 is 12.9. The Hall–Kier alpha value is -3.07. The van der Waals surface area contributed by atoms with Gasteiger partial charge in [0.2, 0.25) is 11.8 Å². The summed E-state index contributed by atoms with van der Waals surface area (Å²) in [4.78, 5) is 28.6. The lowest BCUT2D eigenvalue weighted by atomic mass is 10.1. The molecule has 3 aromatic carbocycles. The van der Waals surface area contributed by atoms with Gasteiger partial charge in [0.1, 0.15) is 12.6 Å². The van der Waals surface area contributed by atoms with Crippen molar-refractivity contribution in [3.63, 3.8) is 0 Å². The van der Waals surface area contributed by atoms with E-state index in [1.807, 2.05) is 33.8 Å². The number of sulfonamides is 1. The van der Waals surface area contributed by atoms with Gasteiger partial charge in [0, 0.05) is 28.2 Å². The molecule has 0 aliphatic heterocycles. The van der Waals surface area contributed by atoms with Crippen molar-refractivity contribution in [2.24, 2.45) is 0 Å². The Labute approximate surface area is 247 Å². The molecule has 40 heavy (non-hydrogen) atoms. The van der Waals surface area contributed by atoms with Gasteiger partial charge in [-0.1, -0.05) is 60.5 Å². The topological polar surface area (TPSA) is 86.8 Å². The van der Waals surface area contributed by atoms with Crippen LogP contribution in [-0.2, 0) is 26.2 Å². The summed E-state index contributed by atoms with van der Waals surface area (Å²) in [6.45, 7) is 8.51. The van der Waals surface area contributed by atoms with Crippen molar-refractivity contribution >= 4 is 50.7 Å². The van der Waals surface area contributed by atoms with Crippen molar-refractivity contribution in [1.29, 1.82) is 0 Å². The Balaban J connectivity index is 2.09. The van der Waals surface area contributed by atoms with Crippen LogP contribution in [-0.4, -0.2) is 43.8 Å². The molecule has 0 fully saturated rings. The van der Waals surface area contributed by atoms with Gasteiger partial charge in [-0.25, -0.2) is 8.42 Å². The van der Waals surface area contributed by atoms with Crippen LogP contribution < -0.4 is 9.62 Å². The van der Waals surface area contributed by atoms with Crippen molar-refractivity contribution in [2.45, 2.75) is 64.6 Å². The fourth-order valence-electron chi connectivity index (χ4n) is 4.24. The predicted molar refractivity (Wildman–Crippen MR) is 161 cm³/mol. The fourth-order valence-corrected chi connectivity index (χ4v) is 6.18. The van der Waals surface area contributed by atoms with Crippen molar-refractivity contribution < 1.29 is 18.0 Å². The van der Waals surface area contributed by atoms with Gasteiger partial charge in [-0.3, -0.25) is 13.9 Å². The Morgan fingerprint density at radius 1 is 0.900 bits per heavy atom. The van der Waals surface area contributed by atoms with Gasteiger partial charge in [-0.05, 0) is 81.6 Å². The van der Waals surface area contributed by atoms with Gasteiger partial charge < -0.3 is 10.2 Å². The second-order valence-electron chi connectivity index (χ2n) is 9.89. The molecule has 0 saturated carbocycles. The molecule has 2 amide bonds. The number of halogens is 2. The average Bonchev–Trinajstić information content (AvgIpc) is 2.90. The first-order chi connectivity index (χ1) is 18.8. The third-order valence-electron chi connectivity index (χ3n) is 6.66. The Morgan fingerprint density at radius 3 is 2.02 bits per heavy atom. The normalized spacial score (nSPS) is 12.9. The molecule has 0 unspecified atom stereocenters. The molecule has 7 nitrogen and oxygen atoms in total. The molecule has 214 valence electrons. The van der Waals surface area contributed by atoms with Gasteiger partial charge in [0.05, 0.1) is 10.6 Å². The van der Waals surface area contributed by atoms with Crippen molar-refractivity contribution in [3.8, 4) is 0 Å². The van der Waals surface area contributed by atoms with E-state index in [0.29, 0.717) is 27.7 Å². The van der Waals surface area contributed by atoms with Crippen LogP contribution in [0.2, 0.25) is 10.0 Å². The van der Waals surface area contributed by atoms with Crippen LogP contribution >= 0.6 is 23.2 Å². The lowest BCUT2D eigenvalue weighted by molar-refractivity contribution is -0.139. The van der Waals surface area contributed by atoms with E-state index in [1.165, 1.54) is 17.0 Å². The Morgan fingerprint density at radius 2 is 1.48 bits per heavy atom. The largest absolute Gasteiger partial charge is 0.352 e. The zero-order valence-corrected chi connectivity index (χ0v) is 25.6. The Kier molecular flexibility index (Phi) is 10.6. The monoisotopic (exact) mass is 603 g/mol. The van der Waals surface area contributed by atoms with Gasteiger partial charge in [-0.2, -0.15) is 0 Å². The molecule has 0 radical (unpaired) electrons. The van der Waals surface area contributed by atoms with E-state index in [1.54, 1.807) is 55.5 Å². The third-order valence-corrected chi connectivity index (χ3v) is 9.16. The molecule has 3 rings (SSSR count). The summed E-state index contributed by atoms with van der Waals surface area (Å²) in [5.41, 5.74) is 2.50. The maximum atomic E-state index is 14.1. The number of carbonyl (C=O) groups is 2.